The van der Waals surface area contributed by atoms with Crippen LogP contribution in [0.25, 0.3) is 0 Å². The Morgan fingerprint density at radius 1 is 1.29 bits per heavy atom. The molecule has 2 heterocycles. The fraction of sp³-hybridized carbons (Fsp3) is 1.00. The van der Waals surface area contributed by atoms with Crippen molar-refractivity contribution >= 4 is 0 Å². The van der Waals surface area contributed by atoms with Gasteiger partial charge in [0, 0.05) is 25.0 Å². The minimum atomic E-state index is -0.569. The highest BCUT2D eigenvalue weighted by Gasteiger charge is 2.47. The van der Waals surface area contributed by atoms with Crippen molar-refractivity contribution in [1.82, 2.24) is 10.2 Å². The normalized spacial score (nSPS) is 43.4. The first kappa shape index (κ1) is 13.2. The molecule has 3 atom stereocenters. The molecular formula is C11H24N4O2. The molecule has 17 heavy (non-hydrogen) atoms. The van der Waals surface area contributed by atoms with Gasteiger partial charge in [-0.15, -0.1) is 0 Å². The average Bonchev–Trinajstić information content (AvgIpc) is 2.94. The molecule has 6 heteroatoms. The number of nitrogens with two attached hydrogens (primary N) is 2. The van der Waals surface area contributed by atoms with Crippen molar-refractivity contribution in [3.8, 4) is 0 Å². The van der Waals surface area contributed by atoms with Crippen molar-refractivity contribution in [2.75, 3.05) is 39.4 Å². The van der Waals surface area contributed by atoms with Crippen molar-refractivity contribution in [3.05, 3.63) is 0 Å². The van der Waals surface area contributed by atoms with Gasteiger partial charge in [0.05, 0.1) is 24.9 Å². The van der Waals surface area contributed by atoms with E-state index in [1.807, 2.05) is 0 Å². The van der Waals surface area contributed by atoms with E-state index in [0.717, 1.165) is 32.5 Å². The Kier molecular flexibility index (Phi) is 3.72. The number of nitrogens with one attached hydrogen (secondary N) is 1. The number of rotatable bonds is 4. The van der Waals surface area contributed by atoms with Crippen LogP contribution in [0.1, 0.15) is 12.8 Å². The monoisotopic (exact) mass is 244 g/mol. The number of hydrogen-bond donors (Lipinski definition) is 5. The third-order valence-electron chi connectivity index (χ3n) is 4.37. The molecule has 7 N–H and O–H groups in total. The molecule has 0 aromatic heterocycles. The van der Waals surface area contributed by atoms with Gasteiger partial charge >= 0.3 is 0 Å². The van der Waals surface area contributed by atoms with Crippen LogP contribution in [0.2, 0.25) is 0 Å². The summed E-state index contributed by atoms with van der Waals surface area (Å²) in [6.45, 7) is 3.03. The molecule has 6 nitrogen and oxygen atoms in total. The zero-order valence-corrected chi connectivity index (χ0v) is 10.2. The maximum Gasteiger partial charge on any atom is 0.0806 e. The predicted octanol–water partition coefficient (Wildman–Crippen LogP) is -2.36. The van der Waals surface area contributed by atoms with Crippen LogP contribution >= 0.6 is 0 Å². The van der Waals surface area contributed by atoms with Crippen LogP contribution in [-0.2, 0) is 0 Å². The standard InChI is InChI=1S/C11H24N4O2/c12-5-10(7-16)2-4-15(6-10)9-11(13,8-17)1-3-14-9/h9,14,16-17H,1-8,12-13H2. The van der Waals surface area contributed by atoms with Gasteiger partial charge in [-0.25, -0.2) is 0 Å². The van der Waals surface area contributed by atoms with E-state index in [9.17, 15) is 10.2 Å². The van der Waals surface area contributed by atoms with E-state index in [2.05, 4.69) is 10.2 Å². The van der Waals surface area contributed by atoms with Crippen molar-refractivity contribution in [2.24, 2.45) is 16.9 Å². The topological polar surface area (TPSA) is 108 Å². The van der Waals surface area contributed by atoms with E-state index in [0.29, 0.717) is 6.54 Å². The lowest BCUT2D eigenvalue weighted by Crippen LogP contribution is -2.61. The van der Waals surface area contributed by atoms with Gasteiger partial charge in [0.25, 0.3) is 0 Å². The van der Waals surface area contributed by atoms with Gasteiger partial charge in [-0.05, 0) is 19.4 Å². The molecule has 2 aliphatic heterocycles. The third-order valence-corrected chi connectivity index (χ3v) is 4.37. The molecule has 100 valence electrons. The molecule has 2 rings (SSSR count). The van der Waals surface area contributed by atoms with Crippen LogP contribution < -0.4 is 16.8 Å². The average molecular weight is 244 g/mol. The Morgan fingerprint density at radius 2 is 2.06 bits per heavy atom. The van der Waals surface area contributed by atoms with Crippen LogP contribution in [0, 0.1) is 5.41 Å². The Hall–Kier alpha value is -0.240. The summed E-state index contributed by atoms with van der Waals surface area (Å²) >= 11 is 0. The zero-order valence-electron chi connectivity index (χ0n) is 10.2. The highest BCUT2D eigenvalue weighted by atomic mass is 16.3. The minimum absolute atomic E-state index is 0.00697. The SMILES string of the molecule is NCC1(CO)CCN(C2NCCC2(N)CO)C1. The summed E-state index contributed by atoms with van der Waals surface area (Å²) in [7, 11) is 0. The number of aliphatic hydroxyl groups excluding tert-OH is 2. The maximum atomic E-state index is 9.46. The number of aliphatic hydroxyl groups is 2. The molecular weight excluding hydrogens is 220 g/mol. The fourth-order valence-electron chi connectivity index (χ4n) is 2.99. The summed E-state index contributed by atoms with van der Waals surface area (Å²) in [5.74, 6) is 0. The van der Waals surface area contributed by atoms with Crippen LogP contribution in [0.4, 0.5) is 0 Å². The van der Waals surface area contributed by atoms with Crippen molar-refractivity contribution < 1.29 is 10.2 Å². The van der Waals surface area contributed by atoms with E-state index in [1.54, 1.807) is 0 Å². The van der Waals surface area contributed by atoms with Gasteiger partial charge in [-0.1, -0.05) is 0 Å². The van der Waals surface area contributed by atoms with Crippen LogP contribution in [-0.4, -0.2) is 66.2 Å². The molecule has 2 aliphatic rings. The highest BCUT2D eigenvalue weighted by Crippen LogP contribution is 2.33. The molecule has 3 unspecified atom stereocenters. The maximum absolute atomic E-state index is 9.46. The molecule has 0 amide bonds. The van der Waals surface area contributed by atoms with Gasteiger partial charge < -0.3 is 27.0 Å². The second kappa shape index (κ2) is 4.79. The molecule has 0 aromatic carbocycles. The zero-order chi connectivity index (χ0) is 12.5. The number of likely N-dealkylation sites (tertiary alicyclic amines) is 1. The molecule has 2 saturated heterocycles. The molecule has 0 aromatic rings. The first-order valence-electron chi connectivity index (χ1n) is 6.27. The lowest BCUT2D eigenvalue weighted by molar-refractivity contribution is 0.0771. The fourth-order valence-corrected chi connectivity index (χ4v) is 2.99. The number of nitrogens with zero attached hydrogens (tertiary/aromatic N) is 1. The Bertz CT molecular complexity index is 272. The summed E-state index contributed by atoms with van der Waals surface area (Å²) in [5, 5.41) is 22.2. The van der Waals surface area contributed by atoms with Crippen molar-refractivity contribution in [2.45, 2.75) is 24.5 Å². The van der Waals surface area contributed by atoms with Gasteiger partial charge in [-0.2, -0.15) is 0 Å². The lowest BCUT2D eigenvalue weighted by atomic mass is 9.88. The molecule has 0 bridgehead atoms. The first-order valence-corrected chi connectivity index (χ1v) is 6.27. The number of hydrogen-bond acceptors (Lipinski definition) is 6. The summed E-state index contributed by atoms with van der Waals surface area (Å²) in [5.41, 5.74) is 11.2. The minimum Gasteiger partial charge on any atom is -0.396 e. The second-order valence-electron chi connectivity index (χ2n) is 5.58. The van der Waals surface area contributed by atoms with E-state index in [1.165, 1.54) is 0 Å². The highest BCUT2D eigenvalue weighted by molar-refractivity contribution is 5.04. The summed E-state index contributed by atoms with van der Waals surface area (Å²) < 4.78 is 0. The van der Waals surface area contributed by atoms with Crippen LogP contribution in [0.5, 0.6) is 0 Å². The van der Waals surface area contributed by atoms with Crippen LogP contribution in [0.15, 0.2) is 0 Å². The summed E-state index contributed by atoms with van der Waals surface area (Å²) in [4.78, 5) is 2.21. The molecule has 0 radical (unpaired) electrons. The largest absolute Gasteiger partial charge is 0.396 e. The first-order chi connectivity index (χ1) is 8.09. The van der Waals surface area contributed by atoms with Crippen molar-refractivity contribution in [1.29, 1.82) is 0 Å². The van der Waals surface area contributed by atoms with Crippen molar-refractivity contribution in [3.63, 3.8) is 0 Å². The van der Waals surface area contributed by atoms with Gasteiger partial charge in [0.2, 0.25) is 0 Å². The smallest absolute Gasteiger partial charge is 0.0806 e. The Balaban J connectivity index is 2.05. The second-order valence-corrected chi connectivity index (χ2v) is 5.58. The van der Waals surface area contributed by atoms with E-state index < -0.39 is 5.54 Å². The van der Waals surface area contributed by atoms with E-state index in [-0.39, 0.29) is 24.8 Å². The van der Waals surface area contributed by atoms with E-state index >= 15 is 0 Å². The lowest BCUT2D eigenvalue weighted by Gasteiger charge is -2.37. The Labute approximate surface area is 102 Å². The Morgan fingerprint density at radius 3 is 2.59 bits per heavy atom. The predicted molar refractivity (Wildman–Crippen MR) is 65.2 cm³/mol. The third kappa shape index (κ3) is 2.21. The molecule has 2 fully saturated rings. The van der Waals surface area contributed by atoms with E-state index in [4.69, 9.17) is 11.5 Å². The molecule has 0 spiro atoms. The quantitative estimate of drug-likeness (QED) is 0.379. The van der Waals surface area contributed by atoms with Gasteiger partial charge in [-0.3, -0.25) is 4.90 Å². The summed E-state index contributed by atoms with van der Waals surface area (Å²) in [6, 6.07) is 0. The van der Waals surface area contributed by atoms with Crippen LogP contribution in [0.3, 0.4) is 0 Å². The summed E-state index contributed by atoms with van der Waals surface area (Å²) in [6.07, 6.45) is 1.66. The molecule has 0 aliphatic carbocycles. The van der Waals surface area contributed by atoms with Gasteiger partial charge in [0.1, 0.15) is 0 Å². The molecule has 0 saturated carbocycles. The van der Waals surface area contributed by atoms with Gasteiger partial charge in [0.15, 0.2) is 0 Å².